The first kappa shape index (κ1) is 9.79. The predicted octanol–water partition coefficient (Wildman–Crippen LogP) is 2.83. The van der Waals surface area contributed by atoms with Gasteiger partial charge in [0.05, 0.1) is 0 Å². The van der Waals surface area contributed by atoms with Gasteiger partial charge >= 0.3 is 0 Å². The van der Waals surface area contributed by atoms with Gasteiger partial charge in [-0.2, -0.15) is 0 Å². The first-order valence-corrected chi connectivity index (χ1v) is 5.13. The second-order valence-electron chi connectivity index (χ2n) is 3.93. The molecule has 0 saturated heterocycles. The van der Waals surface area contributed by atoms with E-state index in [2.05, 4.69) is 31.7 Å². The van der Waals surface area contributed by atoms with Gasteiger partial charge in [0.25, 0.3) is 0 Å². The Balaban J connectivity index is 2.34. The topological polar surface area (TPSA) is 3.24 Å². The van der Waals surface area contributed by atoms with Gasteiger partial charge in [-0.25, -0.2) is 0 Å². The normalized spacial score (nSPS) is 22.1. The van der Waals surface area contributed by atoms with Gasteiger partial charge in [-0.05, 0) is 26.7 Å². The second kappa shape index (κ2) is 4.66. The van der Waals surface area contributed by atoms with Crippen LogP contribution in [-0.2, 0) is 0 Å². The molecule has 0 radical (unpaired) electrons. The van der Waals surface area contributed by atoms with Crippen molar-refractivity contribution in [1.29, 1.82) is 0 Å². The van der Waals surface area contributed by atoms with Crippen molar-refractivity contribution in [1.82, 2.24) is 4.90 Å². The Morgan fingerprint density at radius 1 is 1.58 bits per heavy atom. The largest absolute Gasteiger partial charge is 0.297 e. The van der Waals surface area contributed by atoms with Crippen molar-refractivity contribution >= 4 is 0 Å². The molecule has 0 aromatic carbocycles. The fourth-order valence-corrected chi connectivity index (χ4v) is 1.79. The highest BCUT2D eigenvalue weighted by molar-refractivity contribution is 5.04. The standard InChI is InChI=1S/C11H21N/c1-4-5-11(3)12-8-6-10(2)7-9-12/h6,11H,4-5,7-9H2,1-3H3. The van der Waals surface area contributed by atoms with E-state index < -0.39 is 0 Å². The molecule has 0 aliphatic carbocycles. The van der Waals surface area contributed by atoms with E-state index in [0.29, 0.717) is 0 Å². The van der Waals surface area contributed by atoms with E-state index >= 15 is 0 Å². The molecule has 1 aliphatic heterocycles. The van der Waals surface area contributed by atoms with Crippen LogP contribution in [0.15, 0.2) is 11.6 Å². The summed E-state index contributed by atoms with van der Waals surface area (Å²) < 4.78 is 0. The molecule has 1 heterocycles. The lowest BCUT2D eigenvalue weighted by atomic mass is 10.1. The fraction of sp³-hybridized carbons (Fsp3) is 0.818. The molecule has 1 aliphatic rings. The molecule has 0 N–H and O–H groups in total. The lowest BCUT2D eigenvalue weighted by Gasteiger charge is -2.31. The SMILES string of the molecule is CCCC(C)N1CC=C(C)CC1. The van der Waals surface area contributed by atoms with E-state index in [-0.39, 0.29) is 0 Å². The van der Waals surface area contributed by atoms with Gasteiger partial charge < -0.3 is 0 Å². The highest BCUT2D eigenvalue weighted by Gasteiger charge is 2.14. The van der Waals surface area contributed by atoms with Crippen molar-refractivity contribution in [2.24, 2.45) is 0 Å². The van der Waals surface area contributed by atoms with Crippen molar-refractivity contribution in [3.8, 4) is 0 Å². The summed E-state index contributed by atoms with van der Waals surface area (Å²) in [5, 5.41) is 0. The Morgan fingerprint density at radius 3 is 2.83 bits per heavy atom. The Labute approximate surface area is 76.5 Å². The molecule has 0 spiro atoms. The van der Waals surface area contributed by atoms with Crippen LogP contribution in [0.5, 0.6) is 0 Å². The van der Waals surface area contributed by atoms with Crippen LogP contribution in [0, 0.1) is 0 Å². The van der Waals surface area contributed by atoms with Gasteiger partial charge in [0.2, 0.25) is 0 Å². The van der Waals surface area contributed by atoms with Gasteiger partial charge in [0, 0.05) is 19.1 Å². The van der Waals surface area contributed by atoms with Gasteiger partial charge in [0.15, 0.2) is 0 Å². The van der Waals surface area contributed by atoms with Gasteiger partial charge in [-0.3, -0.25) is 4.90 Å². The van der Waals surface area contributed by atoms with Crippen LogP contribution in [0.4, 0.5) is 0 Å². The number of hydrogen-bond donors (Lipinski definition) is 0. The fourth-order valence-electron chi connectivity index (χ4n) is 1.79. The summed E-state index contributed by atoms with van der Waals surface area (Å²) in [6, 6.07) is 0.777. The molecular formula is C11H21N. The molecule has 1 heteroatoms. The van der Waals surface area contributed by atoms with E-state index in [9.17, 15) is 0 Å². The maximum Gasteiger partial charge on any atom is 0.0168 e. The summed E-state index contributed by atoms with van der Waals surface area (Å²) in [7, 11) is 0. The molecule has 0 bridgehead atoms. The minimum atomic E-state index is 0.777. The smallest absolute Gasteiger partial charge is 0.0168 e. The Morgan fingerprint density at radius 2 is 2.33 bits per heavy atom. The summed E-state index contributed by atoms with van der Waals surface area (Å²) in [6.45, 7) is 9.29. The van der Waals surface area contributed by atoms with Crippen LogP contribution >= 0.6 is 0 Å². The van der Waals surface area contributed by atoms with Crippen LogP contribution in [0.1, 0.15) is 40.0 Å². The summed E-state index contributed by atoms with van der Waals surface area (Å²) in [5.74, 6) is 0. The van der Waals surface area contributed by atoms with Crippen molar-refractivity contribution in [3.05, 3.63) is 11.6 Å². The molecule has 1 atom stereocenters. The molecule has 70 valence electrons. The van der Waals surface area contributed by atoms with Crippen molar-refractivity contribution < 1.29 is 0 Å². The van der Waals surface area contributed by atoms with Crippen LogP contribution in [0.3, 0.4) is 0 Å². The van der Waals surface area contributed by atoms with Crippen molar-refractivity contribution in [2.75, 3.05) is 13.1 Å². The van der Waals surface area contributed by atoms with Gasteiger partial charge in [0.1, 0.15) is 0 Å². The maximum absolute atomic E-state index is 2.58. The third kappa shape index (κ3) is 2.63. The molecular weight excluding hydrogens is 146 g/mol. The van der Waals surface area contributed by atoms with Crippen molar-refractivity contribution in [3.63, 3.8) is 0 Å². The zero-order valence-corrected chi connectivity index (χ0v) is 8.64. The summed E-state index contributed by atoms with van der Waals surface area (Å²) in [4.78, 5) is 2.58. The van der Waals surface area contributed by atoms with Crippen molar-refractivity contribution in [2.45, 2.75) is 46.1 Å². The first-order chi connectivity index (χ1) is 5.74. The molecule has 0 fully saturated rings. The highest BCUT2D eigenvalue weighted by Crippen LogP contribution is 2.14. The predicted molar refractivity (Wildman–Crippen MR) is 54.3 cm³/mol. The first-order valence-electron chi connectivity index (χ1n) is 5.13. The zero-order chi connectivity index (χ0) is 8.97. The molecule has 0 aromatic rings. The van der Waals surface area contributed by atoms with E-state index in [1.54, 1.807) is 5.57 Å². The van der Waals surface area contributed by atoms with E-state index in [1.165, 1.54) is 32.4 Å². The zero-order valence-electron chi connectivity index (χ0n) is 8.64. The third-order valence-corrected chi connectivity index (χ3v) is 2.80. The molecule has 1 nitrogen and oxygen atoms in total. The summed E-state index contributed by atoms with van der Waals surface area (Å²) in [5.41, 5.74) is 1.56. The Bertz CT molecular complexity index is 160. The minimum Gasteiger partial charge on any atom is -0.297 e. The van der Waals surface area contributed by atoms with Gasteiger partial charge in [-0.15, -0.1) is 0 Å². The molecule has 1 rings (SSSR count). The van der Waals surface area contributed by atoms with Crippen LogP contribution in [0.25, 0.3) is 0 Å². The Hall–Kier alpha value is -0.300. The molecule has 0 saturated carbocycles. The van der Waals surface area contributed by atoms with Crippen LogP contribution in [-0.4, -0.2) is 24.0 Å². The van der Waals surface area contributed by atoms with Crippen LogP contribution < -0.4 is 0 Å². The second-order valence-corrected chi connectivity index (χ2v) is 3.93. The maximum atomic E-state index is 2.58. The minimum absolute atomic E-state index is 0.777. The number of rotatable bonds is 3. The van der Waals surface area contributed by atoms with Crippen LogP contribution in [0.2, 0.25) is 0 Å². The number of nitrogens with zero attached hydrogens (tertiary/aromatic N) is 1. The average Bonchev–Trinajstić information content (AvgIpc) is 2.06. The quantitative estimate of drug-likeness (QED) is 0.584. The molecule has 0 amide bonds. The third-order valence-electron chi connectivity index (χ3n) is 2.80. The van der Waals surface area contributed by atoms with E-state index in [1.807, 2.05) is 0 Å². The Kier molecular flexibility index (Phi) is 3.80. The summed E-state index contributed by atoms with van der Waals surface area (Å²) >= 11 is 0. The lowest BCUT2D eigenvalue weighted by molar-refractivity contribution is 0.214. The summed E-state index contributed by atoms with van der Waals surface area (Å²) in [6.07, 6.45) is 6.29. The monoisotopic (exact) mass is 167 g/mol. The van der Waals surface area contributed by atoms with Gasteiger partial charge in [-0.1, -0.05) is 25.0 Å². The molecule has 1 unspecified atom stereocenters. The highest BCUT2D eigenvalue weighted by atomic mass is 15.1. The van der Waals surface area contributed by atoms with E-state index in [0.717, 1.165) is 6.04 Å². The molecule has 0 aromatic heterocycles. The van der Waals surface area contributed by atoms with E-state index in [4.69, 9.17) is 0 Å². The lowest BCUT2D eigenvalue weighted by Crippen LogP contribution is -2.36. The average molecular weight is 167 g/mol. The number of hydrogen-bond acceptors (Lipinski definition) is 1. The molecule has 12 heavy (non-hydrogen) atoms.